The molecule has 0 heterocycles. The number of nitrogens with zero attached hydrogens (tertiary/aromatic N) is 1. The zero-order valence-corrected chi connectivity index (χ0v) is 12.3. The number of hydrazone groups is 1. The minimum Gasteiger partial charge on any atom is -0.512 e. The highest BCUT2D eigenvalue weighted by Gasteiger charge is 2.13. The van der Waals surface area contributed by atoms with Crippen LogP contribution in [0.2, 0.25) is 5.02 Å². The van der Waals surface area contributed by atoms with Crippen LogP contribution in [0.5, 0.6) is 0 Å². The van der Waals surface area contributed by atoms with Crippen molar-refractivity contribution < 1.29 is 19.4 Å². The molecule has 0 bridgehead atoms. The second-order valence-electron chi connectivity index (χ2n) is 3.90. The lowest BCUT2D eigenvalue weighted by Gasteiger charge is -2.04. The highest BCUT2D eigenvalue weighted by Crippen LogP contribution is 2.14. The molecular formula is C14H15ClN2O4. The number of benzene rings is 1. The van der Waals surface area contributed by atoms with Crippen molar-refractivity contribution in [3.63, 3.8) is 0 Å². The molecule has 1 amide bonds. The number of esters is 1. The molecule has 1 rings (SSSR count). The fraction of sp³-hybridized carbons (Fsp3) is 0.214. The molecule has 0 saturated heterocycles. The SMILES string of the molecule is CCOC(=O)C(/C=N/NC(=O)c1ccccc1Cl)=C(\C)O. The molecule has 0 aliphatic rings. The van der Waals surface area contributed by atoms with Crippen LogP contribution in [-0.4, -0.2) is 29.8 Å². The summed E-state index contributed by atoms with van der Waals surface area (Å²) >= 11 is 5.87. The minimum absolute atomic E-state index is 0.142. The summed E-state index contributed by atoms with van der Waals surface area (Å²) in [4.78, 5) is 23.3. The number of hydrogen-bond donors (Lipinski definition) is 2. The van der Waals surface area contributed by atoms with E-state index in [4.69, 9.17) is 16.3 Å². The van der Waals surface area contributed by atoms with Gasteiger partial charge in [0.15, 0.2) is 0 Å². The molecule has 0 aliphatic heterocycles. The normalized spacial score (nSPS) is 12.0. The van der Waals surface area contributed by atoms with E-state index in [0.717, 1.165) is 6.21 Å². The fourth-order valence-electron chi connectivity index (χ4n) is 1.36. The Kier molecular flexibility index (Phi) is 6.42. The third-order valence-electron chi connectivity index (χ3n) is 2.36. The van der Waals surface area contributed by atoms with Crippen LogP contribution < -0.4 is 5.43 Å². The van der Waals surface area contributed by atoms with Crippen LogP contribution in [0.25, 0.3) is 0 Å². The molecule has 0 radical (unpaired) electrons. The second kappa shape index (κ2) is 8.06. The fourth-order valence-corrected chi connectivity index (χ4v) is 1.59. The van der Waals surface area contributed by atoms with Gasteiger partial charge in [0, 0.05) is 0 Å². The number of halogens is 1. The number of aliphatic hydroxyl groups excluding tert-OH is 1. The van der Waals surface area contributed by atoms with Crippen LogP contribution in [0.4, 0.5) is 0 Å². The van der Waals surface area contributed by atoms with Gasteiger partial charge < -0.3 is 9.84 Å². The average molecular weight is 311 g/mol. The number of carbonyl (C=O) groups excluding carboxylic acids is 2. The highest BCUT2D eigenvalue weighted by molar-refractivity contribution is 6.33. The summed E-state index contributed by atoms with van der Waals surface area (Å²) < 4.78 is 4.74. The first-order valence-corrected chi connectivity index (χ1v) is 6.50. The molecule has 7 heteroatoms. The maximum absolute atomic E-state index is 11.8. The minimum atomic E-state index is -0.728. The summed E-state index contributed by atoms with van der Waals surface area (Å²) in [6.07, 6.45) is 1.02. The molecular weight excluding hydrogens is 296 g/mol. The van der Waals surface area contributed by atoms with Gasteiger partial charge in [0.05, 0.1) is 23.4 Å². The first-order chi connectivity index (χ1) is 9.97. The molecule has 0 saturated carbocycles. The Labute approximate surface area is 127 Å². The first-order valence-electron chi connectivity index (χ1n) is 6.12. The molecule has 0 spiro atoms. The monoisotopic (exact) mass is 310 g/mol. The maximum atomic E-state index is 11.8. The van der Waals surface area contributed by atoms with Crippen molar-refractivity contribution in [2.24, 2.45) is 5.10 Å². The van der Waals surface area contributed by atoms with Crippen molar-refractivity contribution in [3.8, 4) is 0 Å². The van der Waals surface area contributed by atoms with Crippen LogP contribution in [0, 0.1) is 0 Å². The van der Waals surface area contributed by atoms with Gasteiger partial charge in [0.2, 0.25) is 0 Å². The Bertz CT molecular complexity index is 592. The van der Waals surface area contributed by atoms with Gasteiger partial charge in [-0.15, -0.1) is 0 Å². The number of aliphatic hydroxyl groups is 1. The van der Waals surface area contributed by atoms with Crippen molar-refractivity contribution in [2.75, 3.05) is 6.61 Å². The molecule has 1 aromatic carbocycles. The zero-order valence-electron chi connectivity index (χ0n) is 11.6. The number of ether oxygens (including phenoxy) is 1. The van der Waals surface area contributed by atoms with Crippen LogP contribution in [0.3, 0.4) is 0 Å². The molecule has 112 valence electrons. The van der Waals surface area contributed by atoms with Gasteiger partial charge in [-0.25, -0.2) is 10.2 Å². The summed E-state index contributed by atoms with van der Waals surface area (Å²) in [5, 5.41) is 13.3. The molecule has 0 fully saturated rings. The maximum Gasteiger partial charge on any atom is 0.343 e. The van der Waals surface area contributed by atoms with Crippen LogP contribution in [0.1, 0.15) is 24.2 Å². The Hall–Kier alpha value is -2.34. The number of nitrogens with one attached hydrogen (secondary N) is 1. The van der Waals surface area contributed by atoms with Crippen molar-refractivity contribution in [1.29, 1.82) is 0 Å². The predicted octanol–water partition coefficient (Wildman–Crippen LogP) is 2.45. The summed E-state index contributed by atoms with van der Waals surface area (Å²) in [5.74, 6) is -1.52. The van der Waals surface area contributed by atoms with E-state index >= 15 is 0 Å². The van der Waals surface area contributed by atoms with E-state index in [9.17, 15) is 14.7 Å². The lowest BCUT2D eigenvalue weighted by molar-refractivity contribution is -0.138. The Balaban J connectivity index is 2.77. The number of allylic oxidation sites excluding steroid dienone is 1. The van der Waals surface area contributed by atoms with Crippen LogP contribution >= 0.6 is 11.6 Å². The number of amides is 1. The number of rotatable bonds is 5. The standard InChI is InChI=1S/C14H15ClN2O4/c1-3-21-14(20)11(9(2)18)8-16-17-13(19)10-6-4-5-7-12(10)15/h4-8,18H,3H2,1-2H3,(H,17,19)/b11-9+,16-8+. The van der Waals surface area contributed by atoms with Gasteiger partial charge in [-0.3, -0.25) is 4.79 Å². The van der Waals surface area contributed by atoms with E-state index < -0.39 is 11.9 Å². The third kappa shape index (κ3) is 4.92. The Morgan fingerprint density at radius 1 is 1.43 bits per heavy atom. The molecule has 0 aromatic heterocycles. The van der Waals surface area contributed by atoms with Gasteiger partial charge in [0.25, 0.3) is 5.91 Å². The van der Waals surface area contributed by atoms with Gasteiger partial charge in [-0.2, -0.15) is 5.10 Å². The van der Waals surface area contributed by atoms with E-state index in [1.807, 2.05) is 0 Å². The second-order valence-corrected chi connectivity index (χ2v) is 4.31. The van der Waals surface area contributed by atoms with Gasteiger partial charge in [0.1, 0.15) is 11.3 Å². The van der Waals surface area contributed by atoms with Gasteiger partial charge in [-0.05, 0) is 26.0 Å². The van der Waals surface area contributed by atoms with E-state index in [1.165, 1.54) is 13.0 Å². The first kappa shape index (κ1) is 16.7. The van der Waals surface area contributed by atoms with E-state index in [2.05, 4.69) is 10.5 Å². The average Bonchev–Trinajstić information content (AvgIpc) is 2.43. The summed E-state index contributed by atoms with van der Waals surface area (Å²) in [6, 6.07) is 6.46. The Morgan fingerprint density at radius 2 is 2.10 bits per heavy atom. The van der Waals surface area contributed by atoms with Crippen molar-refractivity contribution >= 4 is 29.7 Å². The van der Waals surface area contributed by atoms with Crippen molar-refractivity contribution in [1.82, 2.24) is 5.43 Å². The van der Waals surface area contributed by atoms with Crippen LogP contribution in [-0.2, 0) is 9.53 Å². The molecule has 1 aromatic rings. The van der Waals surface area contributed by atoms with Crippen molar-refractivity contribution in [3.05, 3.63) is 46.2 Å². The largest absolute Gasteiger partial charge is 0.512 e. The molecule has 21 heavy (non-hydrogen) atoms. The summed E-state index contributed by atoms with van der Waals surface area (Å²) in [6.45, 7) is 3.11. The molecule has 6 nitrogen and oxygen atoms in total. The predicted molar refractivity (Wildman–Crippen MR) is 79.4 cm³/mol. The number of carbonyl (C=O) groups is 2. The lowest BCUT2D eigenvalue weighted by atomic mass is 10.2. The Morgan fingerprint density at radius 3 is 2.67 bits per heavy atom. The van der Waals surface area contributed by atoms with E-state index in [0.29, 0.717) is 0 Å². The van der Waals surface area contributed by atoms with Gasteiger partial charge >= 0.3 is 5.97 Å². The third-order valence-corrected chi connectivity index (χ3v) is 2.69. The quantitative estimate of drug-likeness (QED) is 0.287. The van der Waals surface area contributed by atoms with E-state index in [1.54, 1.807) is 25.1 Å². The molecule has 0 unspecified atom stereocenters. The smallest absolute Gasteiger partial charge is 0.343 e. The van der Waals surface area contributed by atoms with Crippen molar-refractivity contribution in [2.45, 2.75) is 13.8 Å². The topological polar surface area (TPSA) is 88.0 Å². The van der Waals surface area contributed by atoms with Crippen LogP contribution in [0.15, 0.2) is 40.7 Å². The van der Waals surface area contributed by atoms with E-state index in [-0.39, 0.29) is 28.5 Å². The molecule has 0 aliphatic carbocycles. The highest BCUT2D eigenvalue weighted by atomic mass is 35.5. The van der Waals surface area contributed by atoms with Gasteiger partial charge in [-0.1, -0.05) is 23.7 Å². The molecule has 2 N–H and O–H groups in total. The summed E-state index contributed by atoms with van der Waals surface area (Å²) in [7, 11) is 0. The lowest BCUT2D eigenvalue weighted by Crippen LogP contribution is -2.19. The number of hydrogen-bond acceptors (Lipinski definition) is 5. The zero-order chi connectivity index (χ0) is 15.8. The molecule has 0 atom stereocenters. The summed E-state index contributed by atoms with van der Waals surface area (Å²) in [5.41, 5.74) is 2.32.